The lowest BCUT2D eigenvalue weighted by Crippen LogP contribution is -2.58. The summed E-state index contributed by atoms with van der Waals surface area (Å²) in [5, 5.41) is 1.09. The monoisotopic (exact) mass is 446 g/mol. The van der Waals surface area contributed by atoms with Crippen molar-refractivity contribution in [2.75, 3.05) is 26.2 Å². The molecule has 4 saturated carbocycles. The van der Waals surface area contributed by atoms with E-state index in [-0.39, 0.29) is 11.0 Å². The first kappa shape index (κ1) is 20.3. The number of nitrogens with zero attached hydrogens (tertiary/aromatic N) is 2. The van der Waals surface area contributed by atoms with E-state index in [9.17, 15) is 9.59 Å². The smallest absolute Gasteiger partial charge is 0.336 e. The van der Waals surface area contributed by atoms with Crippen LogP contribution in [0.5, 0.6) is 0 Å². The fourth-order valence-electron chi connectivity index (χ4n) is 8.48. The van der Waals surface area contributed by atoms with Gasteiger partial charge in [-0.15, -0.1) is 0 Å². The predicted octanol–water partition coefficient (Wildman–Crippen LogP) is 4.14. The van der Waals surface area contributed by atoms with Crippen molar-refractivity contribution < 1.29 is 9.21 Å². The summed E-state index contributed by atoms with van der Waals surface area (Å²) in [4.78, 5) is 30.5. The van der Waals surface area contributed by atoms with Crippen molar-refractivity contribution in [1.29, 1.82) is 0 Å². The highest BCUT2D eigenvalue weighted by molar-refractivity contribution is 5.84. The number of carbonyl (C=O) groups is 1. The molecule has 0 spiro atoms. The van der Waals surface area contributed by atoms with Crippen LogP contribution >= 0.6 is 0 Å². The van der Waals surface area contributed by atoms with Crippen LogP contribution in [0.4, 0.5) is 0 Å². The highest BCUT2D eigenvalue weighted by atomic mass is 16.4. The Bertz CT molecular complexity index is 1140. The molecule has 5 fully saturated rings. The van der Waals surface area contributed by atoms with Crippen molar-refractivity contribution in [3.63, 3.8) is 0 Å². The first-order chi connectivity index (χ1) is 16.0. The topological polar surface area (TPSA) is 53.8 Å². The van der Waals surface area contributed by atoms with Crippen molar-refractivity contribution in [3.05, 3.63) is 45.3 Å². The Morgan fingerprint density at radius 3 is 2.21 bits per heavy atom. The summed E-state index contributed by atoms with van der Waals surface area (Å²) >= 11 is 0. The quantitative estimate of drug-likeness (QED) is 0.665. The molecule has 0 radical (unpaired) electrons. The van der Waals surface area contributed by atoms with Gasteiger partial charge in [0.05, 0.1) is 5.41 Å². The Morgan fingerprint density at radius 2 is 1.55 bits per heavy atom. The summed E-state index contributed by atoms with van der Waals surface area (Å²) in [7, 11) is 0. The van der Waals surface area contributed by atoms with Crippen LogP contribution in [0.2, 0.25) is 0 Å². The Morgan fingerprint density at radius 1 is 0.909 bits per heavy atom. The summed E-state index contributed by atoms with van der Waals surface area (Å²) in [5.41, 5.74) is 4.24. The van der Waals surface area contributed by atoms with Gasteiger partial charge in [0.25, 0.3) is 0 Å². The van der Waals surface area contributed by atoms with Crippen molar-refractivity contribution in [1.82, 2.24) is 9.80 Å². The molecular weight excluding hydrogens is 412 g/mol. The standard InChI is InChI=1S/C28H34N2O3/c31-26-13-23(24-11-21-2-1-3-22(21)12-25(24)33-26)17-29-4-6-30(7-5-29)27(32)28-14-18-8-19(15-28)10-20(9-18)16-28/h11-13,18-20H,1-10,14-17H2. The molecular formula is C28H34N2O3. The number of benzene rings is 1. The van der Waals surface area contributed by atoms with Gasteiger partial charge in [-0.05, 0) is 104 Å². The van der Waals surface area contributed by atoms with Crippen LogP contribution in [0.15, 0.2) is 27.4 Å². The lowest BCUT2D eigenvalue weighted by atomic mass is 9.49. The van der Waals surface area contributed by atoms with Gasteiger partial charge in [-0.1, -0.05) is 0 Å². The molecule has 2 aromatic rings. The zero-order valence-electron chi connectivity index (χ0n) is 19.5. The van der Waals surface area contributed by atoms with Gasteiger partial charge in [-0.3, -0.25) is 9.69 Å². The molecule has 4 bridgehead atoms. The zero-order chi connectivity index (χ0) is 22.2. The highest BCUT2D eigenvalue weighted by Crippen LogP contribution is 2.60. The third-order valence-electron chi connectivity index (χ3n) is 9.59. The van der Waals surface area contributed by atoms with E-state index in [2.05, 4.69) is 21.9 Å². The Balaban J connectivity index is 1.06. The third-order valence-corrected chi connectivity index (χ3v) is 9.59. The van der Waals surface area contributed by atoms with Gasteiger partial charge >= 0.3 is 5.63 Å². The van der Waals surface area contributed by atoms with Crippen molar-refractivity contribution >= 4 is 16.9 Å². The first-order valence-corrected chi connectivity index (χ1v) is 13.1. The fraction of sp³-hybridized carbons (Fsp3) is 0.643. The molecule has 1 aliphatic heterocycles. The number of carbonyl (C=O) groups excluding carboxylic acids is 1. The van der Waals surface area contributed by atoms with E-state index < -0.39 is 0 Å². The number of hydrogen-bond acceptors (Lipinski definition) is 4. The number of rotatable bonds is 3. The molecule has 0 unspecified atom stereocenters. The average Bonchev–Trinajstić information content (AvgIpc) is 3.24. The van der Waals surface area contributed by atoms with Crippen LogP contribution in [0.1, 0.15) is 61.6 Å². The second-order valence-corrected chi connectivity index (χ2v) is 11.8. The maximum Gasteiger partial charge on any atom is 0.336 e. The number of aryl methyl sites for hydroxylation is 2. The molecule has 0 atom stereocenters. The van der Waals surface area contributed by atoms with Crippen molar-refractivity contribution in [2.24, 2.45) is 23.2 Å². The van der Waals surface area contributed by atoms with Gasteiger partial charge in [0.2, 0.25) is 5.91 Å². The van der Waals surface area contributed by atoms with Crippen LogP contribution in [0.25, 0.3) is 11.0 Å². The maximum absolute atomic E-state index is 13.7. The van der Waals surface area contributed by atoms with Gasteiger partial charge in [0.1, 0.15) is 5.58 Å². The lowest BCUT2D eigenvalue weighted by Gasteiger charge is -2.57. The van der Waals surface area contributed by atoms with E-state index in [0.29, 0.717) is 5.91 Å². The number of amides is 1. The molecule has 33 heavy (non-hydrogen) atoms. The molecule has 5 aliphatic carbocycles. The first-order valence-electron chi connectivity index (χ1n) is 13.1. The summed E-state index contributed by atoms with van der Waals surface area (Å²) in [6.45, 7) is 4.14. The minimum Gasteiger partial charge on any atom is -0.423 e. The van der Waals surface area contributed by atoms with E-state index in [4.69, 9.17) is 4.42 Å². The molecule has 1 aromatic carbocycles. The SMILES string of the molecule is O=C(N1CCN(Cc2cc(=O)oc3cc4c(cc23)CCC4)CC1)C12CC3CC(CC(C3)C1)C2. The average molecular weight is 447 g/mol. The summed E-state index contributed by atoms with van der Waals surface area (Å²) < 4.78 is 5.56. The minimum atomic E-state index is -0.258. The van der Waals surface area contributed by atoms with Crippen LogP contribution in [-0.4, -0.2) is 41.9 Å². The van der Waals surface area contributed by atoms with Gasteiger partial charge in [-0.2, -0.15) is 0 Å². The summed E-state index contributed by atoms with van der Waals surface area (Å²) in [5.74, 6) is 2.88. The van der Waals surface area contributed by atoms with Gasteiger partial charge in [0, 0.05) is 44.2 Å². The van der Waals surface area contributed by atoms with Crippen LogP contribution in [-0.2, 0) is 24.2 Å². The van der Waals surface area contributed by atoms with E-state index in [1.807, 2.05) is 0 Å². The molecule has 5 nitrogen and oxygen atoms in total. The van der Waals surface area contributed by atoms with Crippen LogP contribution in [0.3, 0.4) is 0 Å². The molecule has 1 aromatic heterocycles. The number of piperazine rings is 1. The second-order valence-electron chi connectivity index (χ2n) is 11.8. The third kappa shape index (κ3) is 3.38. The van der Waals surface area contributed by atoms with Gasteiger partial charge < -0.3 is 9.32 Å². The van der Waals surface area contributed by atoms with E-state index in [1.165, 1.54) is 36.8 Å². The van der Waals surface area contributed by atoms with Gasteiger partial charge in [-0.25, -0.2) is 4.79 Å². The van der Waals surface area contributed by atoms with Gasteiger partial charge in [0.15, 0.2) is 0 Å². The summed E-state index contributed by atoms with van der Waals surface area (Å²) in [6, 6.07) is 6.02. The normalized spacial score (nSPS) is 33.1. The number of hydrogen-bond donors (Lipinski definition) is 0. The molecule has 1 amide bonds. The Labute approximate surface area is 195 Å². The molecule has 1 saturated heterocycles. The number of fused-ring (bicyclic) bond motifs is 2. The van der Waals surface area contributed by atoms with E-state index >= 15 is 0 Å². The predicted molar refractivity (Wildman–Crippen MR) is 127 cm³/mol. The van der Waals surface area contributed by atoms with E-state index in [1.54, 1.807) is 6.07 Å². The largest absolute Gasteiger partial charge is 0.423 e. The molecule has 5 heteroatoms. The second kappa shape index (κ2) is 7.43. The Hall–Kier alpha value is -2.14. The van der Waals surface area contributed by atoms with Crippen LogP contribution < -0.4 is 5.63 Å². The summed E-state index contributed by atoms with van der Waals surface area (Å²) in [6.07, 6.45) is 11.0. The van der Waals surface area contributed by atoms with Crippen molar-refractivity contribution in [2.45, 2.75) is 64.3 Å². The highest BCUT2D eigenvalue weighted by Gasteiger charge is 2.55. The molecule has 0 N–H and O–H groups in total. The zero-order valence-corrected chi connectivity index (χ0v) is 19.5. The molecule has 6 aliphatic rings. The fourth-order valence-corrected chi connectivity index (χ4v) is 8.48. The van der Waals surface area contributed by atoms with Crippen molar-refractivity contribution in [3.8, 4) is 0 Å². The van der Waals surface area contributed by atoms with E-state index in [0.717, 1.165) is 99.1 Å². The maximum atomic E-state index is 13.7. The minimum absolute atomic E-state index is 0.0358. The Kier molecular flexibility index (Phi) is 4.56. The van der Waals surface area contributed by atoms with Crippen LogP contribution in [0, 0.1) is 23.2 Å². The molecule has 174 valence electrons. The molecule has 8 rings (SSSR count). The lowest BCUT2D eigenvalue weighted by molar-refractivity contribution is -0.159. The molecule has 2 heterocycles.